The zero-order valence-electron chi connectivity index (χ0n) is 11.4. The van der Waals surface area contributed by atoms with Crippen LogP contribution in [0.2, 0.25) is 5.02 Å². The standard InChI is InChI=1S/C15H18ClN3/c1-11-7-8-12(9-17-11)10-18-14-6-4-5-13(16)15(14)19(2)3/h4-9,18H,10H2,1-3H3. The van der Waals surface area contributed by atoms with E-state index >= 15 is 0 Å². The van der Waals surface area contributed by atoms with Crippen LogP contribution in [0.5, 0.6) is 0 Å². The maximum atomic E-state index is 6.23. The molecule has 4 heteroatoms. The number of nitrogens with zero attached hydrogens (tertiary/aromatic N) is 2. The molecule has 0 aliphatic carbocycles. The summed E-state index contributed by atoms with van der Waals surface area (Å²) in [7, 11) is 3.97. The molecule has 0 saturated heterocycles. The summed E-state index contributed by atoms with van der Waals surface area (Å²) in [6, 6.07) is 9.97. The third-order valence-electron chi connectivity index (χ3n) is 2.89. The summed E-state index contributed by atoms with van der Waals surface area (Å²) in [6.07, 6.45) is 1.89. The quantitative estimate of drug-likeness (QED) is 0.922. The lowest BCUT2D eigenvalue weighted by atomic mass is 10.2. The van der Waals surface area contributed by atoms with Crippen LogP contribution >= 0.6 is 11.6 Å². The largest absolute Gasteiger partial charge is 0.379 e. The number of hydrogen-bond donors (Lipinski definition) is 1. The van der Waals surface area contributed by atoms with Gasteiger partial charge in [-0.1, -0.05) is 23.7 Å². The third-order valence-corrected chi connectivity index (χ3v) is 3.19. The highest BCUT2D eigenvalue weighted by Gasteiger charge is 2.08. The first-order valence-electron chi connectivity index (χ1n) is 6.19. The molecule has 2 aromatic rings. The van der Waals surface area contributed by atoms with Crippen LogP contribution in [0.15, 0.2) is 36.5 Å². The number of rotatable bonds is 4. The van der Waals surface area contributed by atoms with E-state index in [2.05, 4.69) is 16.4 Å². The summed E-state index contributed by atoms with van der Waals surface area (Å²) in [5.74, 6) is 0. The molecule has 0 spiro atoms. The molecule has 1 aromatic heterocycles. The molecule has 0 atom stereocenters. The topological polar surface area (TPSA) is 28.2 Å². The van der Waals surface area contributed by atoms with Crippen LogP contribution in [0.1, 0.15) is 11.3 Å². The highest BCUT2D eigenvalue weighted by molar-refractivity contribution is 6.34. The van der Waals surface area contributed by atoms with Crippen LogP contribution in [0.25, 0.3) is 0 Å². The van der Waals surface area contributed by atoms with Crippen LogP contribution in [0.4, 0.5) is 11.4 Å². The Morgan fingerprint density at radius 2 is 2.00 bits per heavy atom. The molecule has 1 N–H and O–H groups in total. The van der Waals surface area contributed by atoms with E-state index in [9.17, 15) is 0 Å². The van der Waals surface area contributed by atoms with Gasteiger partial charge in [-0.3, -0.25) is 4.98 Å². The monoisotopic (exact) mass is 275 g/mol. The number of benzene rings is 1. The molecule has 3 nitrogen and oxygen atoms in total. The molecule has 100 valence electrons. The molecule has 0 aliphatic rings. The van der Waals surface area contributed by atoms with Gasteiger partial charge in [0.25, 0.3) is 0 Å². The summed E-state index contributed by atoms with van der Waals surface area (Å²) < 4.78 is 0. The van der Waals surface area contributed by atoms with Crippen molar-refractivity contribution < 1.29 is 0 Å². The van der Waals surface area contributed by atoms with Crippen molar-refractivity contribution in [3.63, 3.8) is 0 Å². The SMILES string of the molecule is Cc1ccc(CNc2cccc(Cl)c2N(C)C)cn1. The first-order chi connectivity index (χ1) is 9.08. The van der Waals surface area contributed by atoms with Gasteiger partial charge < -0.3 is 10.2 Å². The van der Waals surface area contributed by atoms with Gasteiger partial charge in [0, 0.05) is 32.5 Å². The second-order valence-electron chi connectivity index (χ2n) is 4.69. The van der Waals surface area contributed by atoms with Gasteiger partial charge in [-0.05, 0) is 30.7 Å². The normalized spacial score (nSPS) is 10.3. The van der Waals surface area contributed by atoms with Crippen molar-refractivity contribution in [2.75, 3.05) is 24.3 Å². The van der Waals surface area contributed by atoms with Crippen LogP contribution < -0.4 is 10.2 Å². The van der Waals surface area contributed by atoms with Gasteiger partial charge >= 0.3 is 0 Å². The Morgan fingerprint density at radius 3 is 2.63 bits per heavy atom. The lowest BCUT2D eigenvalue weighted by molar-refractivity contribution is 1.07. The molecule has 0 bridgehead atoms. The van der Waals surface area contributed by atoms with E-state index < -0.39 is 0 Å². The van der Waals surface area contributed by atoms with Crippen molar-refractivity contribution in [1.29, 1.82) is 0 Å². The smallest absolute Gasteiger partial charge is 0.0786 e. The summed E-state index contributed by atoms with van der Waals surface area (Å²) >= 11 is 6.23. The Kier molecular flexibility index (Phi) is 4.27. The Hall–Kier alpha value is -1.74. The van der Waals surface area contributed by atoms with Crippen LogP contribution in [0.3, 0.4) is 0 Å². The fourth-order valence-electron chi connectivity index (χ4n) is 1.91. The highest BCUT2D eigenvalue weighted by atomic mass is 35.5. The van der Waals surface area contributed by atoms with Crippen molar-refractivity contribution >= 4 is 23.0 Å². The molecule has 0 fully saturated rings. The van der Waals surface area contributed by atoms with Crippen LogP contribution in [-0.2, 0) is 6.54 Å². The number of nitrogens with one attached hydrogen (secondary N) is 1. The van der Waals surface area contributed by atoms with Gasteiger partial charge in [0.2, 0.25) is 0 Å². The van der Waals surface area contributed by atoms with Crippen LogP contribution in [0, 0.1) is 6.92 Å². The predicted octanol–water partition coefficient (Wildman–Crippen LogP) is 3.72. The fourth-order valence-corrected chi connectivity index (χ4v) is 2.26. The lowest BCUT2D eigenvalue weighted by Gasteiger charge is -2.20. The maximum Gasteiger partial charge on any atom is 0.0786 e. The van der Waals surface area contributed by atoms with Crippen molar-refractivity contribution in [2.24, 2.45) is 0 Å². The molecular weight excluding hydrogens is 258 g/mol. The van der Waals surface area contributed by atoms with Crippen molar-refractivity contribution in [3.05, 3.63) is 52.8 Å². The zero-order chi connectivity index (χ0) is 13.8. The van der Waals surface area contributed by atoms with Crippen molar-refractivity contribution in [1.82, 2.24) is 4.98 Å². The number of para-hydroxylation sites is 1. The number of aryl methyl sites for hydroxylation is 1. The molecule has 19 heavy (non-hydrogen) atoms. The van der Waals surface area contributed by atoms with E-state index in [0.29, 0.717) is 0 Å². The van der Waals surface area contributed by atoms with E-state index in [1.54, 1.807) is 0 Å². The first kappa shape index (κ1) is 13.7. The van der Waals surface area contributed by atoms with Crippen LogP contribution in [-0.4, -0.2) is 19.1 Å². The minimum Gasteiger partial charge on any atom is -0.379 e. The van der Waals surface area contributed by atoms with E-state index in [0.717, 1.165) is 34.2 Å². The average molecular weight is 276 g/mol. The third kappa shape index (κ3) is 3.38. The van der Waals surface area contributed by atoms with E-state index in [4.69, 9.17) is 11.6 Å². The number of hydrogen-bond acceptors (Lipinski definition) is 3. The van der Waals surface area contributed by atoms with Gasteiger partial charge in [0.05, 0.1) is 16.4 Å². The van der Waals surface area contributed by atoms with Gasteiger partial charge in [-0.25, -0.2) is 0 Å². The number of anilines is 2. The van der Waals surface area contributed by atoms with Gasteiger partial charge in [0.15, 0.2) is 0 Å². The average Bonchev–Trinajstić information content (AvgIpc) is 2.37. The van der Waals surface area contributed by atoms with E-state index in [1.807, 2.05) is 56.4 Å². The highest BCUT2D eigenvalue weighted by Crippen LogP contribution is 2.32. The Balaban J connectivity index is 2.15. The summed E-state index contributed by atoms with van der Waals surface area (Å²) in [5, 5.41) is 4.15. The minimum absolute atomic E-state index is 0.731. The number of pyridine rings is 1. The molecule has 1 heterocycles. The Bertz CT molecular complexity index is 550. The minimum atomic E-state index is 0.731. The maximum absolute atomic E-state index is 6.23. The second-order valence-corrected chi connectivity index (χ2v) is 5.10. The first-order valence-corrected chi connectivity index (χ1v) is 6.57. The summed E-state index contributed by atoms with van der Waals surface area (Å²) in [5.41, 5.74) is 4.21. The molecule has 1 aromatic carbocycles. The van der Waals surface area contributed by atoms with Crippen molar-refractivity contribution in [2.45, 2.75) is 13.5 Å². The van der Waals surface area contributed by atoms with E-state index in [-0.39, 0.29) is 0 Å². The second kappa shape index (κ2) is 5.93. The molecular formula is C15H18ClN3. The summed E-state index contributed by atoms with van der Waals surface area (Å²) in [6.45, 7) is 2.72. The molecule has 2 rings (SSSR count). The predicted molar refractivity (Wildman–Crippen MR) is 82.1 cm³/mol. The van der Waals surface area contributed by atoms with E-state index in [1.165, 1.54) is 0 Å². The lowest BCUT2D eigenvalue weighted by Crippen LogP contribution is -2.12. The molecule has 0 saturated carbocycles. The van der Waals surface area contributed by atoms with Crippen molar-refractivity contribution in [3.8, 4) is 0 Å². The van der Waals surface area contributed by atoms with Gasteiger partial charge in [0.1, 0.15) is 0 Å². The fraction of sp³-hybridized carbons (Fsp3) is 0.267. The molecule has 0 aliphatic heterocycles. The molecule has 0 unspecified atom stereocenters. The van der Waals surface area contributed by atoms with Gasteiger partial charge in [-0.2, -0.15) is 0 Å². The zero-order valence-corrected chi connectivity index (χ0v) is 12.2. The number of aromatic nitrogens is 1. The Labute approximate surface area is 119 Å². The Morgan fingerprint density at radius 1 is 1.21 bits per heavy atom. The molecule has 0 radical (unpaired) electrons. The molecule has 0 amide bonds. The van der Waals surface area contributed by atoms with Gasteiger partial charge in [-0.15, -0.1) is 0 Å². The number of halogens is 1. The summed E-state index contributed by atoms with van der Waals surface area (Å²) in [4.78, 5) is 6.30.